The summed E-state index contributed by atoms with van der Waals surface area (Å²) in [6, 6.07) is 7.24. The number of hydrogen-bond acceptors (Lipinski definition) is 5. The van der Waals surface area contributed by atoms with Crippen molar-refractivity contribution in [2.45, 2.75) is 13.8 Å². The minimum Gasteiger partial charge on any atom is -0.492 e. The van der Waals surface area contributed by atoms with E-state index in [0.717, 1.165) is 0 Å². The van der Waals surface area contributed by atoms with Gasteiger partial charge in [0.15, 0.2) is 0 Å². The van der Waals surface area contributed by atoms with E-state index in [9.17, 15) is 4.79 Å². The Morgan fingerprint density at radius 2 is 2.24 bits per heavy atom. The lowest BCUT2D eigenvalue weighted by atomic mass is 10.2. The molecule has 0 N–H and O–H groups in total. The molecule has 0 aliphatic heterocycles. The third-order valence-corrected chi connectivity index (χ3v) is 2.95. The molecule has 2 aromatic rings. The fourth-order valence-electron chi connectivity index (χ4n) is 1.93. The van der Waals surface area contributed by atoms with Gasteiger partial charge in [-0.05, 0) is 32.0 Å². The maximum atomic E-state index is 11.6. The normalized spacial score (nSPS) is 10.0. The number of carbonyl (C=O) groups excluding carboxylic acids is 1. The summed E-state index contributed by atoms with van der Waals surface area (Å²) in [7, 11) is 1.32. The maximum absolute atomic E-state index is 11.6. The molecule has 0 atom stereocenters. The van der Waals surface area contributed by atoms with Crippen LogP contribution in [0.1, 0.15) is 28.5 Å². The highest BCUT2D eigenvalue weighted by Crippen LogP contribution is 2.22. The van der Waals surface area contributed by atoms with Crippen LogP contribution in [0.25, 0.3) is 5.69 Å². The van der Waals surface area contributed by atoms with E-state index in [4.69, 9.17) is 14.7 Å². The predicted molar refractivity (Wildman–Crippen MR) is 75.5 cm³/mol. The molecule has 0 spiro atoms. The van der Waals surface area contributed by atoms with Crippen LogP contribution in [0.3, 0.4) is 0 Å². The molecule has 0 aliphatic rings. The van der Waals surface area contributed by atoms with Crippen molar-refractivity contribution in [1.82, 2.24) is 9.78 Å². The van der Waals surface area contributed by atoms with Crippen molar-refractivity contribution in [3.8, 4) is 17.5 Å². The van der Waals surface area contributed by atoms with Crippen molar-refractivity contribution in [2.24, 2.45) is 0 Å². The van der Waals surface area contributed by atoms with Crippen molar-refractivity contribution in [2.75, 3.05) is 13.7 Å². The second-order valence-electron chi connectivity index (χ2n) is 4.29. The topological polar surface area (TPSA) is 77.1 Å². The monoisotopic (exact) mass is 285 g/mol. The van der Waals surface area contributed by atoms with Crippen LogP contribution >= 0.6 is 0 Å². The number of carbonyl (C=O) groups is 1. The van der Waals surface area contributed by atoms with Crippen LogP contribution in [0, 0.1) is 18.3 Å². The lowest BCUT2D eigenvalue weighted by Gasteiger charge is -2.07. The number of rotatable bonds is 4. The first kappa shape index (κ1) is 14.6. The Bertz CT molecular complexity index is 713. The van der Waals surface area contributed by atoms with E-state index < -0.39 is 5.97 Å². The molecular weight excluding hydrogens is 270 g/mol. The zero-order chi connectivity index (χ0) is 15.4. The number of ether oxygens (including phenoxy) is 2. The summed E-state index contributed by atoms with van der Waals surface area (Å²) in [4.78, 5) is 11.6. The maximum Gasteiger partial charge on any atom is 0.341 e. The number of nitriles is 1. The number of aryl methyl sites for hydroxylation is 1. The van der Waals surface area contributed by atoms with Crippen LogP contribution in [0.5, 0.6) is 5.75 Å². The van der Waals surface area contributed by atoms with Gasteiger partial charge in [-0.2, -0.15) is 10.4 Å². The Labute approximate surface area is 122 Å². The zero-order valence-corrected chi connectivity index (χ0v) is 12.1. The van der Waals surface area contributed by atoms with E-state index >= 15 is 0 Å². The predicted octanol–water partition coefficient (Wildman–Crippen LogP) is 2.24. The Morgan fingerprint density at radius 3 is 2.86 bits per heavy atom. The Balaban J connectivity index is 2.43. The molecule has 1 aromatic heterocycles. The third-order valence-electron chi connectivity index (χ3n) is 2.95. The molecule has 0 saturated heterocycles. The third kappa shape index (κ3) is 2.87. The number of aromatic nitrogens is 2. The van der Waals surface area contributed by atoms with E-state index in [0.29, 0.717) is 34.9 Å². The van der Waals surface area contributed by atoms with E-state index in [1.165, 1.54) is 11.8 Å². The zero-order valence-electron chi connectivity index (χ0n) is 12.1. The van der Waals surface area contributed by atoms with Crippen LogP contribution in [-0.2, 0) is 4.74 Å². The lowest BCUT2D eigenvalue weighted by Crippen LogP contribution is -2.01. The van der Waals surface area contributed by atoms with Gasteiger partial charge in [0.25, 0.3) is 0 Å². The van der Waals surface area contributed by atoms with Crippen LogP contribution in [0.2, 0.25) is 0 Å². The highest BCUT2D eigenvalue weighted by atomic mass is 16.5. The Hall–Kier alpha value is -2.81. The summed E-state index contributed by atoms with van der Waals surface area (Å²) < 4.78 is 11.6. The highest BCUT2D eigenvalue weighted by molar-refractivity contribution is 5.90. The van der Waals surface area contributed by atoms with Gasteiger partial charge in [0.05, 0.1) is 30.7 Å². The van der Waals surface area contributed by atoms with E-state index in [1.807, 2.05) is 6.92 Å². The van der Waals surface area contributed by atoms with Crippen molar-refractivity contribution in [1.29, 1.82) is 5.26 Å². The van der Waals surface area contributed by atoms with Crippen molar-refractivity contribution >= 4 is 5.97 Å². The summed E-state index contributed by atoms with van der Waals surface area (Å²) in [6.07, 6.45) is 1.58. The van der Waals surface area contributed by atoms with E-state index in [-0.39, 0.29) is 0 Å². The molecule has 0 amide bonds. The number of methoxy groups -OCH3 is 1. The molecule has 0 unspecified atom stereocenters. The van der Waals surface area contributed by atoms with E-state index in [2.05, 4.69) is 11.2 Å². The summed E-state index contributed by atoms with van der Waals surface area (Å²) in [5, 5.41) is 13.4. The average Bonchev–Trinajstić information content (AvgIpc) is 2.89. The SMILES string of the molecule is CCOc1ccc(-n2cc(C(=O)OC)c(C)n2)cc1C#N. The number of benzene rings is 1. The second kappa shape index (κ2) is 6.09. The molecule has 0 saturated carbocycles. The molecule has 0 fully saturated rings. The number of nitrogens with zero attached hydrogens (tertiary/aromatic N) is 3. The molecule has 21 heavy (non-hydrogen) atoms. The van der Waals surface area contributed by atoms with Gasteiger partial charge in [-0.1, -0.05) is 0 Å². The standard InChI is InChI=1S/C15H15N3O3/c1-4-21-14-6-5-12(7-11(14)8-16)18-9-13(10(2)17-18)15(19)20-3/h5-7,9H,4H2,1-3H3. The average molecular weight is 285 g/mol. The first-order valence-corrected chi connectivity index (χ1v) is 6.42. The quantitative estimate of drug-likeness (QED) is 0.805. The molecule has 2 rings (SSSR count). The van der Waals surface area contributed by atoms with Crippen molar-refractivity contribution in [3.63, 3.8) is 0 Å². The van der Waals surface area contributed by atoms with Crippen molar-refractivity contribution < 1.29 is 14.3 Å². The molecule has 1 heterocycles. The molecule has 6 heteroatoms. The van der Waals surface area contributed by atoms with Gasteiger partial charge in [0.2, 0.25) is 0 Å². The fraction of sp³-hybridized carbons (Fsp3) is 0.267. The van der Waals surface area contributed by atoms with Gasteiger partial charge in [0, 0.05) is 6.20 Å². The minimum atomic E-state index is -0.440. The number of esters is 1. The van der Waals surface area contributed by atoms with Gasteiger partial charge in [-0.25, -0.2) is 9.48 Å². The molecular formula is C15H15N3O3. The Morgan fingerprint density at radius 1 is 1.48 bits per heavy atom. The molecule has 1 aromatic carbocycles. The van der Waals surface area contributed by atoms with Gasteiger partial charge in [-0.15, -0.1) is 0 Å². The second-order valence-corrected chi connectivity index (χ2v) is 4.29. The highest BCUT2D eigenvalue weighted by Gasteiger charge is 2.15. The lowest BCUT2D eigenvalue weighted by molar-refractivity contribution is 0.0600. The molecule has 0 radical (unpaired) electrons. The van der Waals surface area contributed by atoms with Crippen molar-refractivity contribution in [3.05, 3.63) is 41.2 Å². The first-order valence-electron chi connectivity index (χ1n) is 6.42. The van der Waals surface area contributed by atoms with Gasteiger partial charge in [-0.3, -0.25) is 0 Å². The summed E-state index contributed by atoms with van der Waals surface area (Å²) in [5.74, 6) is 0.0889. The van der Waals surface area contributed by atoms with Crippen LogP contribution in [0.15, 0.2) is 24.4 Å². The van der Waals surface area contributed by atoms with Gasteiger partial charge in [0.1, 0.15) is 17.4 Å². The smallest absolute Gasteiger partial charge is 0.341 e. The van der Waals surface area contributed by atoms with Crippen LogP contribution in [0.4, 0.5) is 0 Å². The summed E-state index contributed by atoms with van der Waals surface area (Å²) in [6.45, 7) is 4.07. The largest absolute Gasteiger partial charge is 0.492 e. The first-order chi connectivity index (χ1) is 10.1. The molecule has 0 bridgehead atoms. The van der Waals surface area contributed by atoms with Gasteiger partial charge < -0.3 is 9.47 Å². The minimum absolute atomic E-state index is 0.393. The molecule has 0 aliphatic carbocycles. The van der Waals surface area contributed by atoms with Crippen LogP contribution in [-0.4, -0.2) is 29.5 Å². The van der Waals surface area contributed by atoms with Gasteiger partial charge >= 0.3 is 5.97 Å². The fourth-order valence-corrected chi connectivity index (χ4v) is 1.93. The number of hydrogen-bond donors (Lipinski definition) is 0. The summed E-state index contributed by atoms with van der Waals surface area (Å²) >= 11 is 0. The van der Waals surface area contributed by atoms with E-state index in [1.54, 1.807) is 31.3 Å². The molecule has 6 nitrogen and oxygen atoms in total. The summed E-state index contributed by atoms with van der Waals surface area (Å²) in [5.41, 5.74) is 2.05. The van der Waals surface area contributed by atoms with Crippen LogP contribution < -0.4 is 4.74 Å². The molecule has 108 valence electrons. The Kier molecular flexibility index (Phi) is 4.24.